The minimum Gasteiger partial charge on any atom is -0.396 e. The van der Waals surface area contributed by atoms with E-state index in [4.69, 9.17) is 5.73 Å². The van der Waals surface area contributed by atoms with Crippen LogP contribution >= 0.6 is 0 Å². The van der Waals surface area contributed by atoms with E-state index in [1.165, 1.54) is 0 Å². The molecule has 0 saturated carbocycles. The van der Waals surface area contributed by atoms with Crippen molar-refractivity contribution in [3.05, 3.63) is 109 Å². The third-order valence-electron chi connectivity index (χ3n) is 5.41. The Morgan fingerprint density at radius 1 is 0.633 bits per heavy atom. The standard InChI is InChI=1S/C27H19N3/c28-18-23-25-17-22(19-10-4-1-5-11-19)16-24(20-12-6-2-7-13-20)30(25)27(26(23)29)21-14-8-3-9-15-21/h1-17H,29H2. The van der Waals surface area contributed by atoms with Crippen molar-refractivity contribution < 1.29 is 0 Å². The van der Waals surface area contributed by atoms with Crippen molar-refractivity contribution in [3.63, 3.8) is 0 Å². The molecule has 30 heavy (non-hydrogen) atoms. The number of nitrogens with two attached hydrogens (primary N) is 1. The topological polar surface area (TPSA) is 54.2 Å². The van der Waals surface area contributed by atoms with Gasteiger partial charge in [0.25, 0.3) is 0 Å². The monoisotopic (exact) mass is 385 g/mol. The van der Waals surface area contributed by atoms with Crippen LogP contribution in [0.5, 0.6) is 0 Å². The number of nitrogen functional groups attached to an aromatic ring is 1. The summed E-state index contributed by atoms with van der Waals surface area (Å²) in [5.41, 5.74) is 14.4. The first-order chi connectivity index (χ1) is 14.8. The van der Waals surface area contributed by atoms with Crippen LogP contribution in [0.3, 0.4) is 0 Å². The number of anilines is 1. The van der Waals surface area contributed by atoms with E-state index >= 15 is 0 Å². The molecule has 0 bridgehead atoms. The predicted octanol–water partition coefficient (Wildman–Crippen LogP) is 6.39. The van der Waals surface area contributed by atoms with Crippen molar-refractivity contribution in [2.45, 2.75) is 0 Å². The first-order valence-corrected chi connectivity index (χ1v) is 9.82. The minimum absolute atomic E-state index is 0.504. The van der Waals surface area contributed by atoms with Crippen LogP contribution in [0.1, 0.15) is 5.56 Å². The molecule has 0 aliphatic heterocycles. The van der Waals surface area contributed by atoms with Crippen LogP contribution in [0.25, 0.3) is 39.2 Å². The van der Waals surface area contributed by atoms with Crippen molar-refractivity contribution in [2.24, 2.45) is 0 Å². The molecule has 0 amide bonds. The summed E-state index contributed by atoms with van der Waals surface area (Å²) in [5.74, 6) is 0. The molecular formula is C27H19N3. The molecule has 142 valence electrons. The van der Waals surface area contributed by atoms with Gasteiger partial charge in [-0.2, -0.15) is 5.26 Å². The molecular weight excluding hydrogens is 366 g/mol. The van der Waals surface area contributed by atoms with Gasteiger partial charge in [0.1, 0.15) is 11.6 Å². The van der Waals surface area contributed by atoms with Gasteiger partial charge in [-0.1, -0.05) is 91.0 Å². The maximum Gasteiger partial charge on any atom is 0.104 e. The molecule has 5 aromatic rings. The summed E-state index contributed by atoms with van der Waals surface area (Å²) in [6, 6.07) is 37.0. The number of aromatic nitrogens is 1. The van der Waals surface area contributed by atoms with Gasteiger partial charge in [-0.3, -0.25) is 0 Å². The zero-order chi connectivity index (χ0) is 20.5. The SMILES string of the molecule is N#Cc1c(N)c(-c2ccccc2)n2c(-c3ccccc3)cc(-c3ccccc3)cc12. The predicted molar refractivity (Wildman–Crippen MR) is 123 cm³/mol. The number of hydrogen-bond donors (Lipinski definition) is 1. The van der Waals surface area contributed by atoms with E-state index in [1.54, 1.807) is 0 Å². The van der Waals surface area contributed by atoms with E-state index in [0.717, 1.165) is 39.2 Å². The van der Waals surface area contributed by atoms with Gasteiger partial charge >= 0.3 is 0 Å². The van der Waals surface area contributed by atoms with Gasteiger partial charge in [0.15, 0.2) is 0 Å². The molecule has 3 nitrogen and oxygen atoms in total. The summed E-state index contributed by atoms with van der Waals surface area (Å²) in [6.45, 7) is 0. The minimum atomic E-state index is 0.504. The zero-order valence-electron chi connectivity index (χ0n) is 16.3. The molecule has 5 rings (SSSR count). The fourth-order valence-electron chi connectivity index (χ4n) is 4.01. The molecule has 0 aliphatic rings. The molecule has 0 fully saturated rings. The summed E-state index contributed by atoms with van der Waals surface area (Å²) >= 11 is 0. The van der Waals surface area contributed by atoms with Gasteiger partial charge in [-0.25, -0.2) is 0 Å². The third-order valence-corrected chi connectivity index (χ3v) is 5.41. The van der Waals surface area contributed by atoms with Crippen LogP contribution in [0, 0.1) is 11.3 Å². The lowest BCUT2D eigenvalue weighted by atomic mass is 10.0. The van der Waals surface area contributed by atoms with Gasteiger partial charge in [0, 0.05) is 5.56 Å². The van der Waals surface area contributed by atoms with Gasteiger partial charge < -0.3 is 10.1 Å². The van der Waals surface area contributed by atoms with Crippen molar-refractivity contribution >= 4 is 11.2 Å². The highest BCUT2D eigenvalue weighted by Gasteiger charge is 2.21. The Labute approximate surface area is 175 Å². The first-order valence-electron chi connectivity index (χ1n) is 9.82. The lowest BCUT2D eigenvalue weighted by Gasteiger charge is -2.14. The van der Waals surface area contributed by atoms with Crippen molar-refractivity contribution in [3.8, 4) is 39.7 Å². The highest BCUT2D eigenvalue weighted by atomic mass is 14.9. The molecule has 2 aromatic heterocycles. The molecule has 3 heteroatoms. The van der Waals surface area contributed by atoms with Crippen LogP contribution < -0.4 is 5.73 Å². The van der Waals surface area contributed by atoms with E-state index in [1.807, 2.05) is 66.7 Å². The quantitative estimate of drug-likeness (QED) is 0.391. The second kappa shape index (κ2) is 7.27. The van der Waals surface area contributed by atoms with Crippen molar-refractivity contribution in [1.29, 1.82) is 5.26 Å². The lowest BCUT2D eigenvalue weighted by molar-refractivity contribution is 1.21. The van der Waals surface area contributed by atoms with Gasteiger partial charge in [0.2, 0.25) is 0 Å². The maximum absolute atomic E-state index is 9.96. The maximum atomic E-state index is 9.96. The van der Waals surface area contributed by atoms with Crippen LogP contribution in [-0.4, -0.2) is 4.40 Å². The molecule has 0 saturated heterocycles. The summed E-state index contributed by atoms with van der Waals surface area (Å²) in [5, 5.41) is 9.96. The Morgan fingerprint density at radius 3 is 1.73 bits per heavy atom. The van der Waals surface area contributed by atoms with Gasteiger partial charge in [0.05, 0.1) is 22.6 Å². The second-order valence-electron chi connectivity index (χ2n) is 7.20. The number of fused-ring (bicyclic) bond motifs is 1. The molecule has 3 aromatic carbocycles. The number of hydrogen-bond acceptors (Lipinski definition) is 2. The van der Waals surface area contributed by atoms with E-state index in [0.29, 0.717) is 11.3 Å². The van der Waals surface area contributed by atoms with Crippen LogP contribution in [-0.2, 0) is 0 Å². The van der Waals surface area contributed by atoms with Crippen molar-refractivity contribution in [2.75, 3.05) is 5.73 Å². The normalized spacial score (nSPS) is 10.8. The van der Waals surface area contributed by atoms with Gasteiger partial charge in [-0.05, 0) is 28.8 Å². The molecule has 0 aliphatic carbocycles. The van der Waals surface area contributed by atoms with E-state index in [9.17, 15) is 5.26 Å². The summed E-state index contributed by atoms with van der Waals surface area (Å²) in [6.07, 6.45) is 0. The third kappa shape index (κ3) is 2.83. The Bertz CT molecular complexity index is 1380. The zero-order valence-corrected chi connectivity index (χ0v) is 16.3. The number of nitriles is 1. The average Bonchev–Trinajstić information content (AvgIpc) is 3.11. The van der Waals surface area contributed by atoms with Crippen LogP contribution in [0.2, 0.25) is 0 Å². The number of benzene rings is 3. The van der Waals surface area contributed by atoms with Crippen LogP contribution in [0.15, 0.2) is 103 Å². The molecule has 0 unspecified atom stereocenters. The number of pyridine rings is 1. The molecule has 0 radical (unpaired) electrons. The first kappa shape index (κ1) is 17.8. The summed E-state index contributed by atoms with van der Waals surface area (Å²) < 4.78 is 2.12. The van der Waals surface area contributed by atoms with E-state index in [2.05, 4.69) is 46.9 Å². The summed E-state index contributed by atoms with van der Waals surface area (Å²) in [7, 11) is 0. The Morgan fingerprint density at radius 2 is 1.17 bits per heavy atom. The molecule has 0 atom stereocenters. The fourth-order valence-corrected chi connectivity index (χ4v) is 4.01. The summed E-state index contributed by atoms with van der Waals surface area (Å²) in [4.78, 5) is 0. The highest BCUT2D eigenvalue weighted by molar-refractivity contribution is 5.92. The second-order valence-corrected chi connectivity index (χ2v) is 7.20. The molecule has 2 N–H and O–H groups in total. The average molecular weight is 385 g/mol. The lowest BCUT2D eigenvalue weighted by Crippen LogP contribution is -1.97. The van der Waals surface area contributed by atoms with E-state index < -0.39 is 0 Å². The Hall–Kier alpha value is -4.29. The fraction of sp³-hybridized carbons (Fsp3) is 0. The highest BCUT2D eigenvalue weighted by Crippen LogP contribution is 2.39. The number of nitrogens with zero attached hydrogens (tertiary/aromatic N) is 2. The Balaban J connectivity index is 1.94. The largest absolute Gasteiger partial charge is 0.396 e. The number of rotatable bonds is 3. The van der Waals surface area contributed by atoms with Crippen molar-refractivity contribution in [1.82, 2.24) is 4.40 Å². The smallest absolute Gasteiger partial charge is 0.104 e. The Kier molecular flexibility index (Phi) is 4.31. The van der Waals surface area contributed by atoms with Crippen LogP contribution in [0.4, 0.5) is 5.69 Å². The molecule has 2 heterocycles. The van der Waals surface area contributed by atoms with E-state index in [-0.39, 0.29) is 0 Å². The molecule has 0 spiro atoms. The van der Waals surface area contributed by atoms with Gasteiger partial charge in [-0.15, -0.1) is 0 Å².